The monoisotopic (exact) mass is 247 g/mol. The summed E-state index contributed by atoms with van der Waals surface area (Å²) in [5.41, 5.74) is 1.08. The first-order valence-electron chi connectivity index (χ1n) is 6.42. The van der Waals surface area contributed by atoms with Crippen LogP contribution in [-0.4, -0.2) is 28.6 Å². The summed E-state index contributed by atoms with van der Waals surface area (Å²) < 4.78 is 0. The number of hydrogen-bond acceptors (Lipinski definition) is 2. The van der Waals surface area contributed by atoms with E-state index in [1.165, 1.54) is 0 Å². The minimum Gasteiger partial charge on any atom is -0.391 e. The van der Waals surface area contributed by atoms with Gasteiger partial charge in [0.25, 0.3) is 0 Å². The molecule has 0 aliphatic carbocycles. The van der Waals surface area contributed by atoms with E-state index in [9.17, 15) is 9.90 Å². The summed E-state index contributed by atoms with van der Waals surface area (Å²) in [6.45, 7) is 6.82. The number of likely N-dealkylation sites (tertiary alicyclic amines) is 1. The van der Waals surface area contributed by atoms with Gasteiger partial charge in [-0.1, -0.05) is 51.1 Å². The lowest BCUT2D eigenvalue weighted by Gasteiger charge is -2.38. The Kier molecular flexibility index (Phi) is 3.44. The van der Waals surface area contributed by atoms with Crippen LogP contribution in [0.4, 0.5) is 0 Å². The summed E-state index contributed by atoms with van der Waals surface area (Å²) in [6, 6.07) is 10.1. The maximum absolute atomic E-state index is 12.0. The van der Waals surface area contributed by atoms with Crippen LogP contribution in [0.15, 0.2) is 30.3 Å². The number of benzene rings is 1. The minimum absolute atomic E-state index is 0.0170. The molecule has 2 atom stereocenters. The first-order valence-corrected chi connectivity index (χ1v) is 6.42. The van der Waals surface area contributed by atoms with Crippen LogP contribution < -0.4 is 0 Å². The molecular weight excluding hydrogens is 226 g/mol. The maximum atomic E-state index is 12.0. The number of aliphatic hydroxyl groups excluding tert-OH is 1. The van der Waals surface area contributed by atoms with Crippen molar-refractivity contribution in [1.82, 2.24) is 4.90 Å². The van der Waals surface area contributed by atoms with E-state index in [0.29, 0.717) is 6.54 Å². The lowest BCUT2D eigenvalue weighted by atomic mass is 9.81. The molecule has 1 aliphatic rings. The van der Waals surface area contributed by atoms with Crippen LogP contribution in [0.5, 0.6) is 0 Å². The number of hydrogen-bond donors (Lipinski definition) is 1. The number of carbonyl (C=O) groups is 1. The lowest BCUT2D eigenvalue weighted by molar-refractivity contribution is -0.132. The summed E-state index contributed by atoms with van der Waals surface area (Å²) in [5.74, 6) is 0.0475. The van der Waals surface area contributed by atoms with E-state index in [0.717, 1.165) is 5.56 Å². The molecule has 1 aromatic carbocycles. The molecule has 0 radical (unpaired) electrons. The van der Waals surface area contributed by atoms with Gasteiger partial charge in [0.2, 0.25) is 5.91 Å². The second kappa shape index (κ2) is 4.73. The zero-order valence-corrected chi connectivity index (χ0v) is 11.3. The van der Waals surface area contributed by atoms with Crippen molar-refractivity contribution in [3.05, 3.63) is 35.9 Å². The smallest absolute Gasteiger partial charge is 0.225 e. The predicted octanol–water partition coefficient (Wildman–Crippen LogP) is 2.37. The molecule has 0 spiro atoms. The van der Waals surface area contributed by atoms with Crippen LogP contribution in [-0.2, 0) is 4.79 Å². The van der Waals surface area contributed by atoms with Gasteiger partial charge in [-0.25, -0.2) is 0 Å². The number of carbonyl (C=O) groups excluding carboxylic acids is 1. The maximum Gasteiger partial charge on any atom is 0.225 e. The van der Waals surface area contributed by atoms with Gasteiger partial charge in [-0.15, -0.1) is 0 Å². The van der Waals surface area contributed by atoms with Crippen molar-refractivity contribution in [2.45, 2.75) is 39.3 Å². The third-order valence-electron chi connectivity index (χ3n) is 3.39. The molecule has 1 saturated heterocycles. The fraction of sp³-hybridized carbons (Fsp3) is 0.533. The molecule has 0 aromatic heterocycles. The predicted molar refractivity (Wildman–Crippen MR) is 71.0 cm³/mol. The van der Waals surface area contributed by atoms with Crippen molar-refractivity contribution in [2.75, 3.05) is 6.54 Å². The fourth-order valence-electron chi connectivity index (χ4n) is 2.74. The quantitative estimate of drug-likeness (QED) is 0.871. The van der Waals surface area contributed by atoms with Crippen LogP contribution in [0.25, 0.3) is 0 Å². The van der Waals surface area contributed by atoms with Gasteiger partial charge in [0.05, 0.1) is 18.6 Å². The molecule has 98 valence electrons. The van der Waals surface area contributed by atoms with Crippen LogP contribution in [0.1, 0.15) is 38.8 Å². The summed E-state index contributed by atoms with van der Waals surface area (Å²) >= 11 is 0. The van der Waals surface area contributed by atoms with Crippen molar-refractivity contribution in [1.29, 1.82) is 0 Å². The second-order valence-corrected chi connectivity index (χ2v) is 6.08. The first kappa shape index (κ1) is 13.1. The molecule has 1 amide bonds. The molecule has 2 rings (SSSR count). The van der Waals surface area contributed by atoms with Crippen LogP contribution in [0, 0.1) is 5.41 Å². The van der Waals surface area contributed by atoms with E-state index in [4.69, 9.17) is 0 Å². The lowest BCUT2D eigenvalue weighted by Crippen LogP contribution is -2.38. The Labute approximate surface area is 108 Å². The van der Waals surface area contributed by atoms with Gasteiger partial charge in [0, 0.05) is 6.54 Å². The SMILES string of the molecule is CC(C)(C)C(c1ccccc1)N1CC(O)CC1=O. The third-order valence-corrected chi connectivity index (χ3v) is 3.39. The molecule has 1 aromatic rings. The first-order chi connectivity index (χ1) is 8.39. The number of aliphatic hydroxyl groups is 1. The van der Waals surface area contributed by atoms with Crippen molar-refractivity contribution in [3.63, 3.8) is 0 Å². The molecule has 1 aliphatic heterocycles. The molecule has 0 bridgehead atoms. The molecular formula is C15H21NO2. The summed E-state index contributed by atoms with van der Waals surface area (Å²) in [6.07, 6.45) is -0.273. The normalized spacial score (nSPS) is 22.3. The van der Waals surface area contributed by atoms with Gasteiger partial charge in [-0.05, 0) is 11.0 Å². The van der Waals surface area contributed by atoms with E-state index in [1.54, 1.807) is 0 Å². The number of rotatable bonds is 2. The average molecular weight is 247 g/mol. The average Bonchev–Trinajstić information content (AvgIpc) is 2.58. The Bertz CT molecular complexity index is 422. The molecule has 18 heavy (non-hydrogen) atoms. The van der Waals surface area contributed by atoms with Crippen molar-refractivity contribution >= 4 is 5.91 Å². The zero-order chi connectivity index (χ0) is 13.3. The Balaban J connectivity index is 2.36. The van der Waals surface area contributed by atoms with Gasteiger partial charge in [-0.3, -0.25) is 4.79 Å². The van der Waals surface area contributed by atoms with Gasteiger partial charge in [0.15, 0.2) is 0 Å². The van der Waals surface area contributed by atoms with Crippen LogP contribution in [0.3, 0.4) is 0 Å². The van der Waals surface area contributed by atoms with Crippen molar-refractivity contribution in [2.24, 2.45) is 5.41 Å². The molecule has 3 heteroatoms. The second-order valence-electron chi connectivity index (χ2n) is 6.08. The van der Waals surface area contributed by atoms with E-state index in [1.807, 2.05) is 35.2 Å². The number of β-amino-alcohol motifs (C(OH)–C–C–N with tert-alkyl or cyclic N) is 1. The van der Waals surface area contributed by atoms with E-state index < -0.39 is 6.10 Å². The fourth-order valence-corrected chi connectivity index (χ4v) is 2.74. The molecule has 0 saturated carbocycles. The molecule has 1 fully saturated rings. The summed E-state index contributed by atoms with van der Waals surface area (Å²) in [5, 5.41) is 9.67. The molecule has 2 unspecified atom stereocenters. The highest BCUT2D eigenvalue weighted by Gasteiger charge is 2.39. The number of amides is 1. The van der Waals surface area contributed by atoms with Gasteiger partial charge in [0.1, 0.15) is 0 Å². The van der Waals surface area contributed by atoms with Gasteiger partial charge < -0.3 is 10.0 Å². The Morgan fingerprint density at radius 2 is 1.89 bits per heavy atom. The van der Waals surface area contributed by atoms with E-state index in [-0.39, 0.29) is 23.8 Å². The van der Waals surface area contributed by atoms with Crippen LogP contribution >= 0.6 is 0 Å². The summed E-state index contributed by atoms with van der Waals surface area (Å²) in [4.78, 5) is 13.8. The number of nitrogens with zero attached hydrogens (tertiary/aromatic N) is 1. The van der Waals surface area contributed by atoms with Crippen molar-refractivity contribution < 1.29 is 9.90 Å². The van der Waals surface area contributed by atoms with Crippen molar-refractivity contribution in [3.8, 4) is 0 Å². The Hall–Kier alpha value is -1.35. The molecule has 1 heterocycles. The summed E-state index contributed by atoms with van der Waals surface area (Å²) in [7, 11) is 0. The van der Waals surface area contributed by atoms with Gasteiger partial charge >= 0.3 is 0 Å². The Morgan fingerprint density at radius 3 is 2.33 bits per heavy atom. The highest BCUT2D eigenvalue weighted by atomic mass is 16.3. The highest BCUT2D eigenvalue weighted by Crippen LogP contribution is 2.39. The van der Waals surface area contributed by atoms with Gasteiger partial charge in [-0.2, -0.15) is 0 Å². The molecule has 1 N–H and O–H groups in total. The largest absolute Gasteiger partial charge is 0.391 e. The standard InChI is InChI=1S/C15H21NO2/c1-15(2,3)14(11-7-5-4-6-8-11)16-10-12(17)9-13(16)18/h4-8,12,14,17H,9-10H2,1-3H3. The Morgan fingerprint density at radius 1 is 1.28 bits per heavy atom. The van der Waals surface area contributed by atoms with Crippen LogP contribution in [0.2, 0.25) is 0 Å². The molecule has 3 nitrogen and oxygen atoms in total. The topological polar surface area (TPSA) is 40.5 Å². The minimum atomic E-state index is -0.522. The third kappa shape index (κ3) is 2.56. The zero-order valence-electron chi connectivity index (χ0n) is 11.3. The van der Waals surface area contributed by atoms with E-state index in [2.05, 4.69) is 20.8 Å². The highest BCUT2D eigenvalue weighted by molar-refractivity contribution is 5.79. The van der Waals surface area contributed by atoms with E-state index >= 15 is 0 Å².